The maximum absolute atomic E-state index is 6.00. The second-order valence-corrected chi connectivity index (χ2v) is 4.90. The van der Waals surface area contributed by atoms with Crippen molar-refractivity contribution in [3.63, 3.8) is 0 Å². The highest BCUT2D eigenvalue weighted by molar-refractivity contribution is 5.52. The molecule has 0 atom stereocenters. The van der Waals surface area contributed by atoms with E-state index in [1.807, 2.05) is 0 Å². The summed E-state index contributed by atoms with van der Waals surface area (Å²) in [6.45, 7) is 4.31. The first-order chi connectivity index (χ1) is 7.18. The number of nitrogens with two attached hydrogens (primary N) is 1. The summed E-state index contributed by atoms with van der Waals surface area (Å²) in [4.78, 5) is 0. The van der Waals surface area contributed by atoms with E-state index in [2.05, 4.69) is 26.0 Å². The number of rotatable bonds is 1. The molecule has 1 heteroatoms. The molecule has 1 aromatic carbocycles. The third-order valence-corrected chi connectivity index (χ3v) is 3.70. The monoisotopic (exact) mass is 203 g/mol. The van der Waals surface area contributed by atoms with E-state index in [4.69, 9.17) is 5.73 Å². The van der Waals surface area contributed by atoms with E-state index in [0.717, 1.165) is 11.6 Å². The normalized spacial score (nSPS) is 18.0. The molecular formula is C14H21N. The maximum atomic E-state index is 6.00. The molecule has 0 bridgehead atoms. The van der Waals surface area contributed by atoms with Crippen molar-refractivity contribution in [2.24, 2.45) is 0 Å². The lowest BCUT2D eigenvalue weighted by molar-refractivity contribution is 0.442. The van der Waals surface area contributed by atoms with Crippen molar-refractivity contribution >= 4 is 5.69 Å². The summed E-state index contributed by atoms with van der Waals surface area (Å²) in [5.74, 6) is 0.765. The minimum Gasteiger partial charge on any atom is -0.399 e. The highest BCUT2D eigenvalue weighted by Gasteiger charge is 2.17. The Bertz CT molecular complexity index is 349. The van der Waals surface area contributed by atoms with Gasteiger partial charge >= 0.3 is 0 Å². The number of aryl methyl sites for hydroxylation is 2. The Morgan fingerprint density at radius 2 is 1.67 bits per heavy atom. The van der Waals surface area contributed by atoms with Crippen molar-refractivity contribution in [1.82, 2.24) is 0 Å². The van der Waals surface area contributed by atoms with Crippen LogP contribution >= 0.6 is 0 Å². The Morgan fingerprint density at radius 1 is 1.00 bits per heavy atom. The van der Waals surface area contributed by atoms with Crippen molar-refractivity contribution in [3.05, 3.63) is 28.8 Å². The van der Waals surface area contributed by atoms with Crippen LogP contribution in [0.2, 0.25) is 0 Å². The van der Waals surface area contributed by atoms with Crippen molar-refractivity contribution in [1.29, 1.82) is 0 Å². The van der Waals surface area contributed by atoms with E-state index >= 15 is 0 Å². The molecule has 1 aromatic rings. The lowest BCUT2D eigenvalue weighted by Crippen LogP contribution is -2.07. The van der Waals surface area contributed by atoms with E-state index in [9.17, 15) is 0 Å². The summed E-state index contributed by atoms with van der Waals surface area (Å²) in [5, 5.41) is 0. The lowest BCUT2D eigenvalue weighted by atomic mass is 9.82. The third kappa shape index (κ3) is 2.17. The zero-order valence-electron chi connectivity index (χ0n) is 9.84. The lowest BCUT2D eigenvalue weighted by Gasteiger charge is -2.24. The number of nitrogen functional groups attached to an aromatic ring is 1. The van der Waals surface area contributed by atoms with Crippen LogP contribution < -0.4 is 5.73 Å². The molecule has 1 nitrogen and oxygen atoms in total. The molecular weight excluding hydrogens is 182 g/mol. The van der Waals surface area contributed by atoms with Crippen molar-refractivity contribution in [3.8, 4) is 0 Å². The molecule has 0 aliphatic heterocycles. The molecule has 2 N–H and O–H groups in total. The molecule has 1 saturated carbocycles. The van der Waals surface area contributed by atoms with Gasteiger partial charge in [-0.25, -0.2) is 0 Å². The summed E-state index contributed by atoms with van der Waals surface area (Å²) < 4.78 is 0. The first kappa shape index (κ1) is 10.5. The number of hydrogen-bond acceptors (Lipinski definition) is 1. The molecule has 0 unspecified atom stereocenters. The van der Waals surface area contributed by atoms with E-state index in [0.29, 0.717) is 0 Å². The molecule has 0 spiro atoms. The van der Waals surface area contributed by atoms with Crippen molar-refractivity contribution < 1.29 is 0 Å². The fourth-order valence-electron chi connectivity index (χ4n) is 2.74. The van der Waals surface area contributed by atoms with Crippen LogP contribution in [-0.2, 0) is 0 Å². The van der Waals surface area contributed by atoms with Crippen LogP contribution in [0, 0.1) is 13.8 Å². The van der Waals surface area contributed by atoms with Crippen molar-refractivity contribution in [2.75, 3.05) is 5.73 Å². The maximum Gasteiger partial charge on any atom is 0.0346 e. The zero-order chi connectivity index (χ0) is 10.8. The SMILES string of the molecule is Cc1cc(C)c(C2CCCCC2)cc1N. The first-order valence-electron chi connectivity index (χ1n) is 6.05. The summed E-state index contributed by atoms with van der Waals surface area (Å²) in [6.07, 6.45) is 6.89. The smallest absolute Gasteiger partial charge is 0.0346 e. The van der Waals surface area contributed by atoms with Crippen LogP contribution in [0.15, 0.2) is 12.1 Å². The standard InChI is InChI=1S/C14H21N/c1-10-8-11(2)14(15)9-13(10)12-6-4-3-5-7-12/h8-9,12H,3-7,15H2,1-2H3. The Kier molecular flexibility index (Phi) is 2.99. The Morgan fingerprint density at radius 3 is 2.33 bits per heavy atom. The average molecular weight is 203 g/mol. The van der Waals surface area contributed by atoms with E-state index < -0.39 is 0 Å². The van der Waals surface area contributed by atoms with E-state index in [-0.39, 0.29) is 0 Å². The second kappa shape index (κ2) is 4.26. The molecule has 0 amide bonds. The van der Waals surface area contributed by atoms with Gasteiger partial charge in [0.1, 0.15) is 0 Å². The molecule has 0 radical (unpaired) electrons. The number of hydrogen-bond donors (Lipinski definition) is 1. The molecule has 1 aliphatic rings. The van der Waals surface area contributed by atoms with E-state index in [1.54, 1.807) is 0 Å². The van der Waals surface area contributed by atoms with Gasteiger partial charge in [-0.3, -0.25) is 0 Å². The van der Waals surface area contributed by atoms with Gasteiger partial charge in [-0.2, -0.15) is 0 Å². The molecule has 82 valence electrons. The van der Waals surface area contributed by atoms with Gasteiger partial charge in [0, 0.05) is 5.69 Å². The summed E-state index contributed by atoms with van der Waals surface area (Å²) in [7, 11) is 0. The average Bonchev–Trinajstić information content (AvgIpc) is 2.25. The first-order valence-corrected chi connectivity index (χ1v) is 6.05. The largest absolute Gasteiger partial charge is 0.399 e. The molecule has 15 heavy (non-hydrogen) atoms. The third-order valence-electron chi connectivity index (χ3n) is 3.70. The van der Waals surface area contributed by atoms with Crippen LogP contribution in [0.1, 0.15) is 54.7 Å². The Hall–Kier alpha value is -0.980. The molecule has 0 saturated heterocycles. The zero-order valence-corrected chi connectivity index (χ0v) is 9.84. The Labute approximate surface area is 92.7 Å². The van der Waals surface area contributed by atoms with Crippen LogP contribution in [0.3, 0.4) is 0 Å². The summed E-state index contributed by atoms with van der Waals surface area (Å²) in [6, 6.07) is 4.44. The highest BCUT2D eigenvalue weighted by atomic mass is 14.6. The predicted molar refractivity (Wildman–Crippen MR) is 66.2 cm³/mol. The Balaban J connectivity index is 2.30. The molecule has 0 heterocycles. The van der Waals surface area contributed by atoms with Gasteiger partial charge in [-0.05, 0) is 55.4 Å². The summed E-state index contributed by atoms with van der Waals surface area (Å²) in [5.41, 5.74) is 11.1. The van der Waals surface area contributed by atoms with Crippen LogP contribution in [0.4, 0.5) is 5.69 Å². The summed E-state index contributed by atoms with van der Waals surface area (Å²) >= 11 is 0. The minimum absolute atomic E-state index is 0.765. The van der Waals surface area contributed by atoms with Gasteiger partial charge in [0.15, 0.2) is 0 Å². The molecule has 0 aromatic heterocycles. The molecule has 1 fully saturated rings. The van der Waals surface area contributed by atoms with Gasteiger partial charge in [-0.1, -0.05) is 25.3 Å². The number of anilines is 1. The topological polar surface area (TPSA) is 26.0 Å². The van der Waals surface area contributed by atoms with Crippen LogP contribution in [0.5, 0.6) is 0 Å². The predicted octanol–water partition coefficient (Wildman–Crippen LogP) is 3.93. The van der Waals surface area contributed by atoms with Crippen molar-refractivity contribution in [2.45, 2.75) is 51.9 Å². The quantitative estimate of drug-likeness (QED) is 0.687. The fraction of sp³-hybridized carbons (Fsp3) is 0.571. The fourth-order valence-corrected chi connectivity index (χ4v) is 2.74. The van der Waals surface area contributed by atoms with Gasteiger partial charge in [0.05, 0.1) is 0 Å². The van der Waals surface area contributed by atoms with Gasteiger partial charge in [0.2, 0.25) is 0 Å². The van der Waals surface area contributed by atoms with Gasteiger partial charge in [-0.15, -0.1) is 0 Å². The highest BCUT2D eigenvalue weighted by Crippen LogP contribution is 2.35. The van der Waals surface area contributed by atoms with Crippen LogP contribution in [0.25, 0.3) is 0 Å². The van der Waals surface area contributed by atoms with E-state index in [1.165, 1.54) is 48.8 Å². The van der Waals surface area contributed by atoms with Gasteiger partial charge < -0.3 is 5.73 Å². The molecule has 1 aliphatic carbocycles. The minimum atomic E-state index is 0.765. The number of benzene rings is 1. The van der Waals surface area contributed by atoms with Crippen LogP contribution in [-0.4, -0.2) is 0 Å². The van der Waals surface area contributed by atoms with Gasteiger partial charge in [0.25, 0.3) is 0 Å². The molecule has 2 rings (SSSR count). The second-order valence-electron chi connectivity index (χ2n) is 4.90.